The molecule has 21 heavy (non-hydrogen) atoms. The molecule has 0 spiro atoms. The normalized spacial score (nSPS) is 12.1. The van der Waals surface area contributed by atoms with Gasteiger partial charge >= 0.3 is 15.5 Å². The van der Waals surface area contributed by atoms with Gasteiger partial charge in [-0.3, -0.25) is 9.52 Å². The minimum Gasteiger partial charge on any atom is -0.314 e. The lowest BCUT2D eigenvalue weighted by atomic mass is 10.1. The van der Waals surface area contributed by atoms with Crippen LogP contribution >= 0.6 is 0 Å². The summed E-state index contributed by atoms with van der Waals surface area (Å²) in [7, 11) is -4.20. The van der Waals surface area contributed by atoms with Gasteiger partial charge in [0.1, 0.15) is 0 Å². The first-order valence-electron chi connectivity index (χ1n) is 5.81. The summed E-state index contributed by atoms with van der Waals surface area (Å²) >= 11 is 0. The van der Waals surface area contributed by atoms with Crippen LogP contribution in [0.3, 0.4) is 0 Å². The third kappa shape index (κ3) is 3.66. The lowest BCUT2D eigenvalue weighted by Gasteiger charge is -2.23. The number of sulfonamides is 1. The van der Waals surface area contributed by atoms with Crippen molar-refractivity contribution in [1.29, 1.82) is 0 Å². The predicted octanol–water partition coefficient (Wildman–Crippen LogP) is 2.55. The van der Waals surface area contributed by atoms with E-state index in [1.165, 1.54) is 24.8 Å². The maximum atomic E-state index is 12.5. The van der Waals surface area contributed by atoms with Gasteiger partial charge in [0, 0.05) is 14.0 Å². The molecule has 0 atom stereocenters. The lowest BCUT2D eigenvalue weighted by molar-refractivity contribution is -0.116. The Bertz CT molecular complexity index is 669. The van der Waals surface area contributed by atoms with E-state index in [-0.39, 0.29) is 11.4 Å². The maximum Gasteiger partial charge on any atom is 0.516 e. The van der Waals surface area contributed by atoms with Gasteiger partial charge in [0.2, 0.25) is 5.91 Å². The largest absolute Gasteiger partial charge is 0.516 e. The number of nitrogens with one attached hydrogen (secondary N) is 1. The Morgan fingerprint density at radius 3 is 2.19 bits per heavy atom. The van der Waals surface area contributed by atoms with Crippen molar-refractivity contribution in [1.82, 2.24) is 0 Å². The van der Waals surface area contributed by atoms with Gasteiger partial charge in [-0.1, -0.05) is 6.07 Å². The van der Waals surface area contributed by atoms with Crippen LogP contribution in [-0.2, 0) is 14.8 Å². The summed E-state index contributed by atoms with van der Waals surface area (Å²) in [6.07, 6.45) is 0. The summed E-state index contributed by atoms with van der Waals surface area (Å²) in [5.74, 6) is -0.436. The fourth-order valence-electron chi connectivity index (χ4n) is 1.84. The SMILES string of the molecule is CC(=O)N(C)c1c(C)cc(C)cc1NS(=O)(=O)C(F)(F)F. The molecule has 0 aliphatic heterocycles. The number of anilines is 2. The van der Waals surface area contributed by atoms with E-state index in [1.807, 2.05) is 0 Å². The van der Waals surface area contributed by atoms with Gasteiger partial charge in [-0.2, -0.15) is 21.6 Å². The molecule has 118 valence electrons. The molecule has 0 radical (unpaired) electrons. The molecule has 0 fully saturated rings. The third-order valence-electron chi connectivity index (χ3n) is 2.80. The maximum absolute atomic E-state index is 12.5. The number of carbonyl (C=O) groups excluding carboxylic acids is 1. The van der Waals surface area contributed by atoms with Crippen LogP contribution in [0.1, 0.15) is 18.1 Å². The van der Waals surface area contributed by atoms with E-state index in [4.69, 9.17) is 0 Å². The molecular weight excluding hydrogens is 309 g/mol. The quantitative estimate of drug-likeness (QED) is 0.929. The van der Waals surface area contributed by atoms with Gasteiger partial charge in [-0.25, -0.2) is 0 Å². The molecule has 0 aliphatic carbocycles. The van der Waals surface area contributed by atoms with Gasteiger partial charge in [-0.05, 0) is 31.0 Å². The molecule has 1 N–H and O–H groups in total. The molecule has 0 saturated carbocycles. The van der Waals surface area contributed by atoms with Crippen LogP contribution in [0.2, 0.25) is 0 Å². The first-order valence-corrected chi connectivity index (χ1v) is 7.29. The molecule has 0 bridgehead atoms. The number of alkyl halides is 3. The Morgan fingerprint density at radius 1 is 1.24 bits per heavy atom. The molecular formula is C12H15F3N2O3S. The monoisotopic (exact) mass is 324 g/mol. The molecule has 5 nitrogen and oxygen atoms in total. The Hall–Kier alpha value is -1.77. The second-order valence-corrected chi connectivity index (χ2v) is 6.28. The molecule has 1 aromatic carbocycles. The number of benzene rings is 1. The van der Waals surface area contributed by atoms with Crippen molar-refractivity contribution in [2.24, 2.45) is 0 Å². The zero-order chi connectivity index (χ0) is 16.6. The minimum absolute atomic E-state index is 0.0842. The molecule has 1 amide bonds. The van der Waals surface area contributed by atoms with Crippen molar-refractivity contribution in [3.05, 3.63) is 23.3 Å². The van der Waals surface area contributed by atoms with Crippen molar-refractivity contribution in [3.8, 4) is 0 Å². The second kappa shape index (κ2) is 5.55. The van der Waals surface area contributed by atoms with Gasteiger partial charge in [0.15, 0.2) is 0 Å². The van der Waals surface area contributed by atoms with Crippen LogP contribution in [0.15, 0.2) is 12.1 Å². The van der Waals surface area contributed by atoms with Crippen LogP contribution in [0, 0.1) is 13.8 Å². The second-order valence-electron chi connectivity index (χ2n) is 4.61. The van der Waals surface area contributed by atoms with Gasteiger partial charge in [0.25, 0.3) is 0 Å². The number of nitrogens with zero attached hydrogens (tertiary/aromatic N) is 1. The average molecular weight is 324 g/mol. The lowest BCUT2D eigenvalue weighted by Crippen LogP contribution is -2.32. The van der Waals surface area contributed by atoms with Crippen LogP contribution < -0.4 is 9.62 Å². The smallest absolute Gasteiger partial charge is 0.314 e. The molecule has 0 unspecified atom stereocenters. The van der Waals surface area contributed by atoms with E-state index in [1.54, 1.807) is 19.9 Å². The van der Waals surface area contributed by atoms with Gasteiger partial charge in [-0.15, -0.1) is 0 Å². The fraction of sp³-hybridized carbons (Fsp3) is 0.417. The number of aryl methyl sites for hydroxylation is 2. The van der Waals surface area contributed by atoms with E-state index >= 15 is 0 Å². The summed E-state index contributed by atoms with van der Waals surface area (Å²) in [4.78, 5) is 12.5. The first-order chi connectivity index (χ1) is 9.36. The zero-order valence-corrected chi connectivity index (χ0v) is 12.7. The molecule has 1 rings (SSSR count). The van der Waals surface area contributed by atoms with Crippen molar-refractivity contribution in [2.75, 3.05) is 16.7 Å². The number of amides is 1. The molecule has 1 aromatic rings. The highest BCUT2D eigenvalue weighted by Crippen LogP contribution is 2.34. The first kappa shape index (κ1) is 17.3. The van der Waals surface area contributed by atoms with E-state index in [9.17, 15) is 26.4 Å². The Labute approximate surface area is 120 Å². The standard InChI is InChI=1S/C12H15F3N2O3S/c1-7-5-8(2)11(17(4)9(3)18)10(6-7)16-21(19,20)12(13,14)15/h5-6,16H,1-4H3. The van der Waals surface area contributed by atoms with E-state index < -0.39 is 21.4 Å². The topological polar surface area (TPSA) is 66.5 Å². The number of halogens is 3. The van der Waals surface area contributed by atoms with Crippen LogP contribution in [0.5, 0.6) is 0 Å². The van der Waals surface area contributed by atoms with Crippen LogP contribution in [-0.4, -0.2) is 26.9 Å². The van der Waals surface area contributed by atoms with E-state index in [2.05, 4.69) is 0 Å². The molecule has 0 saturated heterocycles. The van der Waals surface area contributed by atoms with Crippen molar-refractivity contribution < 1.29 is 26.4 Å². The average Bonchev–Trinajstić information content (AvgIpc) is 2.24. The summed E-state index contributed by atoms with van der Waals surface area (Å²) in [6, 6.07) is 2.88. The van der Waals surface area contributed by atoms with Crippen LogP contribution in [0.4, 0.5) is 24.5 Å². The van der Waals surface area contributed by atoms with Crippen molar-refractivity contribution in [3.63, 3.8) is 0 Å². The van der Waals surface area contributed by atoms with Gasteiger partial charge in [0.05, 0.1) is 11.4 Å². The number of rotatable bonds is 3. The summed E-state index contributed by atoms with van der Waals surface area (Å²) < 4.78 is 61.4. The molecule has 0 aliphatic rings. The van der Waals surface area contributed by atoms with E-state index in [0.717, 1.165) is 4.90 Å². The minimum atomic E-state index is -5.55. The van der Waals surface area contributed by atoms with Crippen molar-refractivity contribution in [2.45, 2.75) is 26.3 Å². The summed E-state index contributed by atoms with van der Waals surface area (Å²) in [5, 5.41) is 0. The third-order valence-corrected chi connectivity index (χ3v) is 3.90. The Morgan fingerprint density at radius 2 is 1.76 bits per heavy atom. The Balaban J connectivity index is 3.46. The Kier molecular flexibility index (Phi) is 4.57. The number of hydrogen-bond acceptors (Lipinski definition) is 3. The zero-order valence-electron chi connectivity index (χ0n) is 11.9. The van der Waals surface area contributed by atoms with E-state index in [0.29, 0.717) is 11.1 Å². The fourth-order valence-corrected chi connectivity index (χ4v) is 2.40. The molecule has 0 aromatic heterocycles. The summed E-state index contributed by atoms with van der Waals surface area (Å²) in [6.45, 7) is 4.41. The van der Waals surface area contributed by atoms with Crippen molar-refractivity contribution >= 4 is 27.3 Å². The van der Waals surface area contributed by atoms with Crippen LogP contribution in [0.25, 0.3) is 0 Å². The molecule has 0 heterocycles. The highest BCUT2D eigenvalue weighted by Gasteiger charge is 2.46. The predicted molar refractivity (Wildman–Crippen MR) is 73.6 cm³/mol. The number of hydrogen-bond donors (Lipinski definition) is 1. The van der Waals surface area contributed by atoms with Gasteiger partial charge < -0.3 is 4.90 Å². The highest BCUT2D eigenvalue weighted by atomic mass is 32.2. The summed E-state index contributed by atoms with van der Waals surface area (Å²) in [5.41, 5.74) is -4.60. The number of carbonyl (C=O) groups is 1. The molecule has 9 heteroatoms. The highest BCUT2D eigenvalue weighted by molar-refractivity contribution is 7.93.